The number of hydrogen-bond acceptors (Lipinski definition) is 5. The van der Waals surface area contributed by atoms with Gasteiger partial charge in [-0.3, -0.25) is 9.69 Å². The second-order valence-corrected chi connectivity index (χ2v) is 6.49. The summed E-state index contributed by atoms with van der Waals surface area (Å²) in [6.45, 7) is 3.38. The number of thioether (sulfide) groups is 1. The molecule has 23 heavy (non-hydrogen) atoms. The number of hydrogen-bond donors (Lipinski definition) is 1. The van der Waals surface area contributed by atoms with Crippen molar-refractivity contribution >= 4 is 23.4 Å². The Morgan fingerprint density at radius 1 is 1.13 bits per heavy atom. The highest BCUT2D eigenvalue weighted by atomic mass is 32.2. The van der Waals surface area contributed by atoms with Crippen molar-refractivity contribution in [2.24, 2.45) is 0 Å². The third-order valence-electron chi connectivity index (χ3n) is 3.72. The SMILES string of the molecule is O=C(CSc1ncccn1)Nc1ccc(CN2CCCC2)cc1. The lowest BCUT2D eigenvalue weighted by Gasteiger charge is -2.14. The van der Waals surface area contributed by atoms with Crippen molar-refractivity contribution in [3.8, 4) is 0 Å². The standard InChI is InChI=1S/C17H20N4OS/c22-16(13-23-17-18-8-3-9-19-17)20-15-6-4-14(5-7-15)12-21-10-1-2-11-21/h3-9H,1-2,10-13H2,(H,20,22). The van der Waals surface area contributed by atoms with Gasteiger partial charge in [0.05, 0.1) is 5.75 Å². The van der Waals surface area contributed by atoms with Crippen molar-refractivity contribution in [1.82, 2.24) is 14.9 Å². The molecule has 0 unspecified atom stereocenters. The molecule has 1 aromatic carbocycles. The van der Waals surface area contributed by atoms with Gasteiger partial charge in [-0.05, 0) is 49.7 Å². The fraction of sp³-hybridized carbons (Fsp3) is 0.353. The Hall–Kier alpha value is -1.92. The van der Waals surface area contributed by atoms with Gasteiger partial charge in [-0.2, -0.15) is 0 Å². The van der Waals surface area contributed by atoms with Crippen LogP contribution in [0.3, 0.4) is 0 Å². The molecule has 2 aromatic rings. The van der Waals surface area contributed by atoms with E-state index in [-0.39, 0.29) is 5.91 Å². The van der Waals surface area contributed by atoms with Crippen molar-refractivity contribution in [3.05, 3.63) is 48.3 Å². The first-order valence-electron chi connectivity index (χ1n) is 7.80. The van der Waals surface area contributed by atoms with Crippen LogP contribution < -0.4 is 5.32 Å². The molecule has 0 spiro atoms. The van der Waals surface area contributed by atoms with Gasteiger partial charge in [0.2, 0.25) is 5.91 Å². The summed E-state index contributed by atoms with van der Waals surface area (Å²) in [7, 11) is 0. The summed E-state index contributed by atoms with van der Waals surface area (Å²) in [4.78, 5) is 22.6. The Bertz CT molecular complexity index is 627. The molecule has 6 heteroatoms. The minimum Gasteiger partial charge on any atom is -0.325 e. The molecule has 0 bridgehead atoms. The molecule has 1 aromatic heterocycles. The molecule has 0 atom stereocenters. The summed E-state index contributed by atoms with van der Waals surface area (Å²) in [5.41, 5.74) is 2.12. The van der Waals surface area contributed by atoms with Gasteiger partial charge in [0, 0.05) is 24.6 Å². The number of likely N-dealkylation sites (tertiary alicyclic amines) is 1. The van der Waals surface area contributed by atoms with Gasteiger partial charge < -0.3 is 5.32 Å². The Labute approximate surface area is 140 Å². The molecule has 1 aliphatic rings. The fourth-order valence-electron chi connectivity index (χ4n) is 2.58. The van der Waals surface area contributed by atoms with Crippen LogP contribution in [0.4, 0.5) is 5.69 Å². The Kier molecular flexibility index (Phi) is 5.60. The van der Waals surface area contributed by atoms with Gasteiger partial charge in [0.1, 0.15) is 0 Å². The van der Waals surface area contributed by atoms with E-state index in [9.17, 15) is 4.79 Å². The van der Waals surface area contributed by atoms with E-state index >= 15 is 0 Å². The third-order valence-corrected chi connectivity index (χ3v) is 4.59. The van der Waals surface area contributed by atoms with Crippen molar-refractivity contribution in [1.29, 1.82) is 0 Å². The van der Waals surface area contributed by atoms with Crippen LogP contribution in [0.2, 0.25) is 0 Å². The van der Waals surface area contributed by atoms with Crippen LogP contribution in [0.25, 0.3) is 0 Å². The minimum absolute atomic E-state index is 0.0465. The third kappa shape index (κ3) is 5.04. The summed E-state index contributed by atoms with van der Waals surface area (Å²) in [6, 6.07) is 9.86. The molecule has 0 radical (unpaired) electrons. The molecular weight excluding hydrogens is 308 g/mol. The average Bonchev–Trinajstić information content (AvgIpc) is 3.09. The normalized spacial score (nSPS) is 14.8. The molecule has 1 saturated heterocycles. The molecular formula is C17H20N4OS. The van der Waals surface area contributed by atoms with E-state index < -0.39 is 0 Å². The van der Waals surface area contributed by atoms with Crippen LogP contribution in [0.5, 0.6) is 0 Å². The minimum atomic E-state index is -0.0465. The van der Waals surface area contributed by atoms with E-state index in [0.717, 1.165) is 12.2 Å². The summed E-state index contributed by atoms with van der Waals surface area (Å²) >= 11 is 1.33. The quantitative estimate of drug-likeness (QED) is 0.653. The van der Waals surface area contributed by atoms with Gasteiger partial charge in [-0.1, -0.05) is 23.9 Å². The van der Waals surface area contributed by atoms with Crippen LogP contribution in [0, 0.1) is 0 Å². The molecule has 1 amide bonds. The smallest absolute Gasteiger partial charge is 0.234 e. The second kappa shape index (κ2) is 8.08. The van der Waals surface area contributed by atoms with Gasteiger partial charge in [0.25, 0.3) is 0 Å². The highest BCUT2D eigenvalue weighted by Gasteiger charge is 2.11. The van der Waals surface area contributed by atoms with Crippen molar-refractivity contribution in [3.63, 3.8) is 0 Å². The van der Waals surface area contributed by atoms with Crippen LogP contribution >= 0.6 is 11.8 Å². The molecule has 1 fully saturated rings. The van der Waals surface area contributed by atoms with E-state index in [1.807, 2.05) is 12.1 Å². The molecule has 120 valence electrons. The van der Waals surface area contributed by atoms with E-state index in [1.165, 1.54) is 43.3 Å². The van der Waals surface area contributed by atoms with Gasteiger partial charge in [-0.15, -0.1) is 0 Å². The molecule has 2 heterocycles. The van der Waals surface area contributed by atoms with E-state index in [0.29, 0.717) is 10.9 Å². The first kappa shape index (κ1) is 16.0. The predicted molar refractivity (Wildman–Crippen MR) is 92.3 cm³/mol. The zero-order chi connectivity index (χ0) is 15.9. The summed E-state index contributed by atoms with van der Waals surface area (Å²) in [5.74, 6) is 0.259. The van der Waals surface area contributed by atoms with Gasteiger partial charge in [-0.25, -0.2) is 9.97 Å². The second-order valence-electron chi connectivity index (χ2n) is 5.55. The zero-order valence-corrected chi connectivity index (χ0v) is 13.8. The zero-order valence-electron chi connectivity index (χ0n) is 12.9. The Balaban J connectivity index is 1.46. The molecule has 0 saturated carbocycles. The molecule has 0 aliphatic carbocycles. The lowest BCUT2D eigenvalue weighted by molar-refractivity contribution is -0.113. The number of nitrogens with one attached hydrogen (secondary N) is 1. The predicted octanol–water partition coefficient (Wildman–Crippen LogP) is 2.80. The number of nitrogens with zero attached hydrogens (tertiary/aromatic N) is 3. The number of aromatic nitrogens is 2. The first-order chi connectivity index (χ1) is 11.3. The molecule has 3 rings (SSSR count). The lowest BCUT2D eigenvalue weighted by Crippen LogP contribution is -2.18. The number of anilines is 1. The van der Waals surface area contributed by atoms with Crippen molar-refractivity contribution < 1.29 is 4.79 Å². The lowest BCUT2D eigenvalue weighted by atomic mass is 10.2. The van der Waals surface area contributed by atoms with Crippen LogP contribution in [-0.2, 0) is 11.3 Å². The number of carbonyl (C=O) groups excluding carboxylic acids is 1. The number of amides is 1. The fourth-order valence-corrected chi connectivity index (χ4v) is 3.18. The summed E-state index contributed by atoms with van der Waals surface area (Å²) < 4.78 is 0. The van der Waals surface area contributed by atoms with E-state index in [2.05, 4.69) is 32.3 Å². The molecule has 5 nitrogen and oxygen atoms in total. The monoisotopic (exact) mass is 328 g/mol. The molecule has 1 N–H and O–H groups in total. The van der Waals surface area contributed by atoms with Crippen molar-refractivity contribution in [2.75, 3.05) is 24.2 Å². The van der Waals surface area contributed by atoms with Crippen molar-refractivity contribution in [2.45, 2.75) is 24.5 Å². The van der Waals surface area contributed by atoms with Crippen LogP contribution in [-0.4, -0.2) is 39.6 Å². The maximum absolute atomic E-state index is 12.0. The number of carbonyl (C=O) groups is 1. The average molecular weight is 328 g/mol. The van der Waals surface area contributed by atoms with E-state index in [4.69, 9.17) is 0 Å². The highest BCUT2D eigenvalue weighted by Crippen LogP contribution is 2.16. The number of benzene rings is 1. The topological polar surface area (TPSA) is 58.1 Å². The largest absolute Gasteiger partial charge is 0.325 e. The van der Waals surface area contributed by atoms with Gasteiger partial charge >= 0.3 is 0 Å². The Morgan fingerprint density at radius 3 is 2.52 bits per heavy atom. The van der Waals surface area contributed by atoms with Gasteiger partial charge in [0.15, 0.2) is 5.16 Å². The Morgan fingerprint density at radius 2 is 1.83 bits per heavy atom. The summed E-state index contributed by atoms with van der Waals surface area (Å²) in [5, 5.41) is 3.52. The maximum atomic E-state index is 12.0. The van der Waals surface area contributed by atoms with Crippen LogP contribution in [0.15, 0.2) is 47.9 Å². The highest BCUT2D eigenvalue weighted by molar-refractivity contribution is 7.99. The number of rotatable bonds is 6. The molecule has 1 aliphatic heterocycles. The maximum Gasteiger partial charge on any atom is 0.234 e. The van der Waals surface area contributed by atoms with Crippen LogP contribution in [0.1, 0.15) is 18.4 Å². The van der Waals surface area contributed by atoms with E-state index in [1.54, 1.807) is 18.5 Å². The first-order valence-corrected chi connectivity index (χ1v) is 8.79. The summed E-state index contributed by atoms with van der Waals surface area (Å²) in [6.07, 6.45) is 5.95.